The standard InChI is InChI=1S/C34H33FN8O/c1-20(44)41-18-23-17-24(19-41)42(23)29-7-2-5-25(30(29)35)27-12-13-28-33(39-27)43(32(40-28)26-6-3-16-38-31(26)36)22-10-8-21(9-11-22)34(37)14-4-15-34/h2-3,5-13,16,23-24H,4,14-15,17-19,37H2,1H3,(H2,36,38). The van der Waals surface area contributed by atoms with E-state index in [2.05, 4.69) is 22.0 Å². The molecule has 10 heteroatoms. The molecule has 4 N–H and O–H groups in total. The Morgan fingerprint density at radius 3 is 2.39 bits per heavy atom. The smallest absolute Gasteiger partial charge is 0.219 e. The number of carbonyl (C=O) groups excluding carboxylic acids is 1. The van der Waals surface area contributed by atoms with Crippen LogP contribution in [0.3, 0.4) is 0 Å². The third kappa shape index (κ3) is 4.08. The van der Waals surface area contributed by atoms with Crippen molar-refractivity contribution < 1.29 is 9.18 Å². The van der Waals surface area contributed by atoms with E-state index in [-0.39, 0.29) is 29.3 Å². The minimum atomic E-state index is -0.314. The number of amides is 1. The minimum Gasteiger partial charge on any atom is -0.383 e. The molecule has 3 saturated heterocycles. The SMILES string of the molecule is CC(=O)N1CC2CC(C1)N2c1cccc(-c2ccc3nc(-c4cccnc4N)n(-c4ccc(C5(N)CCC5)cc4)c3n2)c1F. The van der Waals surface area contributed by atoms with Crippen molar-refractivity contribution in [2.45, 2.75) is 50.2 Å². The molecule has 0 radical (unpaired) electrons. The molecule has 9 rings (SSSR count). The van der Waals surface area contributed by atoms with Gasteiger partial charge in [0.2, 0.25) is 5.91 Å². The van der Waals surface area contributed by atoms with E-state index in [4.69, 9.17) is 21.4 Å². The second-order valence-corrected chi connectivity index (χ2v) is 12.3. The minimum absolute atomic E-state index is 0.0651. The van der Waals surface area contributed by atoms with Crippen LogP contribution in [0, 0.1) is 5.82 Å². The zero-order valence-corrected chi connectivity index (χ0v) is 24.4. The number of nitrogens with zero attached hydrogens (tertiary/aromatic N) is 6. The van der Waals surface area contributed by atoms with E-state index in [0.29, 0.717) is 58.4 Å². The lowest BCUT2D eigenvalue weighted by molar-refractivity contribution is -0.131. The molecular weight excluding hydrogens is 555 g/mol. The summed E-state index contributed by atoms with van der Waals surface area (Å²) < 4.78 is 18.3. The Hall–Kier alpha value is -4.83. The molecule has 9 nitrogen and oxygen atoms in total. The average Bonchev–Trinajstić information content (AvgIpc) is 3.39. The highest BCUT2D eigenvalue weighted by atomic mass is 19.1. The van der Waals surface area contributed by atoms with Gasteiger partial charge in [-0.1, -0.05) is 18.2 Å². The van der Waals surface area contributed by atoms with E-state index < -0.39 is 0 Å². The van der Waals surface area contributed by atoms with Crippen LogP contribution in [0.5, 0.6) is 0 Å². The first-order valence-corrected chi connectivity index (χ1v) is 15.1. The van der Waals surface area contributed by atoms with Gasteiger partial charge < -0.3 is 21.3 Å². The Morgan fingerprint density at radius 1 is 0.955 bits per heavy atom. The largest absolute Gasteiger partial charge is 0.383 e. The number of fused-ring (bicyclic) bond motifs is 3. The number of imidazole rings is 1. The monoisotopic (exact) mass is 588 g/mol. The Kier molecular flexibility index (Phi) is 5.99. The summed E-state index contributed by atoms with van der Waals surface area (Å²) in [5, 5.41) is 0. The second kappa shape index (κ2) is 9.85. The predicted octanol–water partition coefficient (Wildman–Crippen LogP) is 5.02. The Balaban J connectivity index is 1.23. The van der Waals surface area contributed by atoms with E-state index in [1.807, 2.05) is 58.0 Å². The van der Waals surface area contributed by atoms with Crippen LogP contribution in [0.25, 0.3) is 39.5 Å². The van der Waals surface area contributed by atoms with Crippen LogP contribution in [0.4, 0.5) is 15.9 Å². The van der Waals surface area contributed by atoms with Crippen LogP contribution in [-0.4, -0.2) is 55.5 Å². The molecular formula is C34H33FN8O. The van der Waals surface area contributed by atoms with E-state index in [0.717, 1.165) is 36.9 Å². The molecule has 1 amide bonds. The third-order valence-electron chi connectivity index (χ3n) is 9.70. The van der Waals surface area contributed by atoms with Crippen LogP contribution in [0.15, 0.2) is 72.9 Å². The first kappa shape index (κ1) is 26.8. The van der Waals surface area contributed by atoms with Gasteiger partial charge in [-0.25, -0.2) is 19.3 Å². The van der Waals surface area contributed by atoms with Gasteiger partial charge in [-0.05, 0) is 79.8 Å². The van der Waals surface area contributed by atoms with E-state index >= 15 is 4.39 Å². The molecule has 1 saturated carbocycles. The molecule has 5 aromatic rings. The molecule has 3 aliphatic heterocycles. The number of hydrogen-bond donors (Lipinski definition) is 2. The van der Waals surface area contributed by atoms with E-state index in [1.54, 1.807) is 19.2 Å². The van der Waals surface area contributed by atoms with Crippen molar-refractivity contribution in [3.05, 3.63) is 84.3 Å². The third-order valence-corrected chi connectivity index (χ3v) is 9.70. The summed E-state index contributed by atoms with van der Waals surface area (Å²) in [6.07, 6.45) is 5.69. The molecule has 3 aromatic heterocycles. The van der Waals surface area contributed by atoms with Gasteiger partial charge in [0, 0.05) is 55.1 Å². The lowest BCUT2D eigenvalue weighted by atomic mass is 9.73. The number of nitrogens with two attached hydrogens (primary N) is 2. The number of piperazine rings is 1. The van der Waals surface area contributed by atoms with Gasteiger partial charge in [-0.2, -0.15) is 0 Å². The number of hydrogen-bond acceptors (Lipinski definition) is 7. The van der Waals surface area contributed by atoms with Crippen LogP contribution >= 0.6 is 0 Å². The summed E-state index contributed by atoms with van der Waals surface area (Å²) >= 11 is 0. The molecule has 4 fully saturated rings. The molecule has 6 heterocycles. The number of benzene rings is 2. The lowest BCUT2D eigenvalue weighted by Gasteiger charge is -2.57. The van der Waals surface area contributed by atoms with Crippen LogP contribution in [-0.2, 0) is 10.3 Å². The fraction of sp³-hybridized carbons (Fsp3) is 0.294. The topological polar surface area (TPSA) is 119 Å². The second-order valence-electron chi connectivity index (χ2n) is 12.3. The highest BCUT2D eigenvalue weighted by molar-refractivity contribution is 5.85. The van der Waals surface area contributed by atoms with Gasteiger partial charge >= 0.3 is 0 Å². The van der Waals surface area contributed by atoms with Crippen LogP contribution < -0.4 is 16.4 Å². The first-order chi connectivity index (χ1) is 21.3. The van der Waals surface area contributed by atoms with Crippen molar-refractivity contribution in [2.75, 3.05) is 23.7 Å². The molecule has 44 heavy (non-hydrogen) atoms. The first-order valence-electron chi connectivity index (χ1n) is 15.1. The summed E-state index contributed by atoms with van der Waals surface area (Å²) in [5.41, 5.74) is 18.0. The molecule has 2 aromatic carbocycles. The van der Waals surface area contributed by atoms with Gasteiger partial charge in [0.05, 0.1) is 16.9 Å². The highest BCUT2D eigenvalue weighted by Gasteiger charge is 2.46. The van der Waals surface area contributed by atoms with Crippen LogP contribution in [0.2, 0.25) is 0 Å². The number of anilines is 2. The number of rotatable bonds is 5. The van der Waals surface area contributed by atoms with Crippen molar-refractivity contribution in [2.24, 2.45) is 5.73 Å². The number of piperidine rings is 1. The molecule has 0 spiro atoms. The van der Waals surface area contributed by atoms with Gasteiger partial charge in [-0.15, -0.1) is 0 Å². The molecule has 2 bridgehead atoms. The fourth-order valence-electron chi connectivity index (χ4n) is 7.11. The van der Waals surface area contributed by atoms with Crippen LogP contribution in [0.1, 0.15) is 38.2 Å². The Labute approximate surface area is 254 Å². The van der Waals surface area contributed by atoms with Crippen molar-refractivity contribution in [3.8, 4) is 28.3 Å². The van der Waals surface area contributed by atoms with Gasteiger partial charge in [-0.3, -0.25) is 9.36 Å². The maximum absolute atomic E-state index is 16.3. The predicted molar refractivity (Wildman–Crippen MR) is 169 cm³/mol. The zero-order valence-electron chi connectivity index (χ0n) is 24.4. The maximum Gasteiger partial charge on any atom is 0.219 e. The number of nitrogen functional groups attached to an aromatic ring is 1. The summed E-state index contributed by atoms with van der Waals surface area (Å²) in [4.78, 5) is 30.1. The van der Waals surface area contributed by atoms with Gasteiger partial charge in [0.15, 0.2) is 17.3 Å². The molecule has 1 aliphatic carbocycles. The summed E-state index contributed by atoms with van der Waals surface area (Å²) in [7, 11) is 0. The summed E-state index contributed by atoms with van der Waals surface area (Å²) in [6.45, 7) is 2.82. The number of aromatic nitrogens is 4. The summed E-state index contributed by atoms with van der Waals surface area (Å²) in [5.74, 6) is 0.715. The van der Waals surface area contributed by atoms with E-state index in [9.17, 15) is 4.79 Å². The van der Waals surface area contributed by atoms with Crippen molar-refractivity contribution in [1.29, 1.82) is 0 Å². The summed E-state index contributed by atoms with van der Waals surface area (Å²) in [6, 6.07) is 21.3. The fourth-order valence-corrected chi connectivity index (χ4v) is 7.11. The normalized spacial score (nSPS) is 20.3. The number of carbonyl (C=O) groups is 1. The van der Waals surface area contributed by atoms with Crippen molar-refractivity contribution >= 4 is 28.6 Å². The number of pyridine rings is 2. The molecule has 2 atom stereocenters. The Morgan fingerprint density at radius 2 is 1.70 bits per heavy atom. The highest BCUT2D eigenvalue weighted by Crippen LogP contribution is 2.42. The van der Waals surface area contributed by atoms with Gasteiger partial charge in [0.1, 0.15) is 11.3 Å². The lowest BCUT2D eigenvalue weighted by Crippen LogP contribution is -2.69. The molecule has 2 unspecified atom stereocenters. The van der Waals surface area contributed by atoms with E-state index in [1.165, 1.54) is 0 Å². The van der Waals surface area contributed by atoms with Crippen molar-refractivity contribution in [3.63, 3.8) is 0 Å². The average molecular weight is 589 g/mol. The Bertz CT molecular complexity index is 1920. The molecule has 222 valence electrons. The zero-order chi connectivity index (χ0) is 30.2. The molecule has 4 aliphatic rings. The van der Waals surface area contributed by atoms with Crippen molar-refractivity contribution in [1.82, 2.24) is 24.4 Å². The maximum atomic E-state index is 16.3. The quantitative estimate of drug-likeness (QED) is 0.296. The van der Waals surface area contributed by atoms with Gasteiger partial charge in [0.25, 0.3) is 0 Å². The number of halogens is 1.